The summed E-state index contributed by atoms with van der Waals surface area (Å²) in [5.41, 5.74) is 5.59. The average molecular weight is 458 g/mol. The lowest BCUT2D eigenvalue weighted by Gasteiger charge is -2.09. The Labute approximate surface area is 185 Å². The van der Waals surface area contributed by atoms with Crippen molar-refractivity contribution in [2.24, 2.45) is 0 Å². The summed E-state index contributed by atoms with van der Waals surface area (Å²) < 4.78 is 28.6. The SMILES string of the molecule is O=C(O)O.O=S(=O)(N[C@H]1C[C@@H]1c1ccccc1)c1ccc2c(c1)Cc1cc(Cl)ccc1-2. The molecule has 1 fully saturated rings. The third-order valence-electron chi connectivity index (χ3n) is 5.45. The molecule has 0 unspecified atom stereocenters. The number of hydrogen-bond donors (Lipinski definition) is 3. The Balaban J connectivity index is 0.000000535. The van der Waals surface area contributed by atoms with Crippen molar-refractivity contribution >= 4 is 27.8 Å². The van der Waals surface area contributed by atoms with Crippen LogP contribution in [0.5, 0.6) is 0 Å². The van der Waals surface area contributed by atoms with Gasteiger partial charge in [-0.3, -0.25) is 0 Å². The van der Waals surface area contributed by atoms with Gasteiger partial charge in [-0.15, -0.1) is 0 Å². The van der Waals surface area contributed by atoms with Gasteiger partial charge in [0.1, 0.15) is 0 Å². The van der Waals surface area contributed by atoms with Crippen LogP contribution in [0.25, 0.3) is 11.1 Å². The normalized spacial score (nSPS) is 18.4. The molecule has 0 saturated heterocycles. The molecule has 0 spiro atoms. The molecule has 3 aromatic rings. The maximum Gasteiger partial charge on any atom is 0.503 e. The van der Waals surface area contributed by atoms with Gasteiger partial charge in [0.15, 0.2) is 0 Å². The number of carboxylic acid groups (broad SMARTS) is 2. The van der Waals surface area contributed by atoms with E-state index in [2.05, 4.69) is 16.9 Å². The summed E-state index contributed by atoms with van der Waals surface area (Å²) >= 11 is 6.09. The van der Waals surface area contributed by atoms with Gasteiger partial charge in [-0.1, -0.05) is 54.1 Å². The Morgan fingerprint density at radius 3 is 2.23 bits per heavy atom. The van der Waals surface area contributed by atoms with E-state index in [-0.39, 0.29) is 12.0 Å². The van der Waals surface area contributed by atoms with Crippen LogP contribution in [0.2, 0.25) is 5.02 Å². The van der Waals surface area contributed by atoms with Crippen molar-refractivity contribution < 1.29 is 23.4 Å². The summed E-state index contributed by atoms with van der Waals surface area (Å²) in [5.74, 6) is 0.266. The summed E-state index contributed by atoms with van der Waals surface area (Å²) in [6, 6.07) is 21.3. The third-order valence-corrected chi connectivity index (χ3v) is 7.17. The molecular weight excluding hydrogens is 438 g/mol. The molecule has 5 rings (SSSR count). The van der Waals surface area contributed by atoms with Gasteiger partial charge in [0.2, 0.25) is 10.0 Å². The number of fused-ring (bicyclic) bond motifs is 3. The van der Waals surface area contributed by atoms with Gasteiger partial charge >= 0.3 is 6.16 Å². The van der Waals surface area contributed by atoms with E-state index in [1.165, 1.54) is 5.56 Å². The van der Waals surface area contributed by atoms with Crippen molar-refractivity contribution in [3.05, 3.63) is 88.4 Å². The van der Waals surface area contributed by atoms with Crippen LogP contribution >= 0.6 is 11.6 Å². The van der Waals surface area contributed by atoms with Crippen LogP contribution in [0.15, 0.2) is 71.6 Å². The highest BCUT2D eigenvalue weighted by Crippen LogP contribution is 2.42. The minimum Gasteiger partial charge on any atom is -0.450 e. The van der Waals surface area contributed by atoms with Crippen LogP contribution in [0.1, 0.15) is 29.0 Å². The Kier molecular flexibility index (Phi) is 5.75. The lowest BCUT2D eigenvalue weighted by Crippen LogP contribution is -2.27. The maximum atomic E-state index is 12.9. The summed E-state index contributed by atoms with van der Waals surface area (Å²) in [5, 5.41) is 14.6. The molecule has 6 nitrogen and oxygen atoms in total. The van der Waals surface area contributed by atoms with Crippen molar-refractivity contribution in [2.45, 2.75) is 29.7 Å². The molecule has 3 aromatic carbocycles. The molecule has 160 valence electrons. The molecule has 31 heavy (non-hydrogen) atoms. The van der Waals surface area contributed by atoms with E-state index in [1.807, 2.05) is 42.5 Å². The molecule has 0 amide bonds. The second kappa shape index (κ2) is 8.34. The van der Waals surface area contributed by atoms with E-state index in [0.717, 1.165) is 28.7 Å². The van der Waals surface area contributed by atoms with Gasteiger partial charge in [-0.05, 0) is 64.9 Å². The molecule has 2 aliphatic rings. The number of sulfonamides is 1. The van der Waals surface area contributed by atoms with Gasteiger partial charge in [-0.25, -0.2) is 17.9 Å². The van der Waals surface area contributed by atoms with Crippen molar-refractivity contribution in [1.29, 1.82) is 0 Å². The molecule has 8 heteroatoms. The van der Waals surface area contributed by atoms with Crippen LogP contribution in [0.3, 0.4) is 0 Å². The molecule has 2 atom stereocenters. The van der Waals surface area contributed by atoms with Gasteiger partial charge in [0.25, 0.3) is 0 Å². The minimum atomic E-state index is -3.53. The van der Waals surface area contributed by atoms with Crippen molar-refractivity contribution in [2.75, 3.05) is 0 Å². The zero-order chi connectivity index (χ0) is 22.2. The number of carbonyl (C=O) groups is 1. The van der Waals surface area contributed by atoms with Crippen LogP contribution in [-0.4, -0.2) is 30.8 Å². The highest BCUT2D eigenvalue weighted by molar-refractivity contribution is 7.89. The molecule has 0 aliphatic heterocycles. The second-order valence-corrected chi connectivity index (χ2v) is 9.71. The predicted octanol–water partition coefficient (Wildman–Crippen LogP) is 4.97. The smallest absolute Gasteiger partial charge is 0.450 e. The Morgan fingerprint density at radius 2 is 1.55 bits per heavy atom. The van der Waals surface area contributed by atoms with E-state index in [4.69, 9.17) is 26.6 Å². The number of nitrogens with one attached hydrogen (secondary N) is 1. The fourth-order valence-corrected chi connectivity index (χ4v) is 5.52. The first-order valence-electron chi connectivity index (χ1n) is 9.65. The van der Waals surface area contributed by atoms with Crippen molar-refractivity contribution in [3.63, 3.8) is 0 Å². The molecule has 0 heterocycles. The summed E-state index contributed by atoms with van der Waals surface area (Å²) in [7, 11) is -3.53. The molecule has 2 aliphatic carbocycles. The monoisotopic (exact) mass is 457 g/mol. The molecular formula is C23H20ClNO5S. The van der Waals surface area contributed by atoms with Gasteiger partial charge < -0.3 is 10.2 Å². The number of halogens is 1. The molecule has 0 radical (unpaired) electrons. The highest BCUT2D eigenvalue weighted by Gasteiger charge is 2.41. The van der Waals surface area contributed by atoms with E-state index in [0.29, 0.717) is 16.3 Å². The second-order valence-electron chi connectivity index (χ2n) is 7.56. The summed E-state index contributed by atoms with van der Waals surface area (Å²) in [4.78, 5) is 8.89. The van der Waals surface area contributed by atoms with E-state index in [1.54, 1.807) is 12.1 Å². The average Bonchev–Trinajstić information content (AvgIpc) is 3.37. The minimum absolute atomic E-state index is 0.0262. The van der Waals surface area contributed by atoms with E-state index >= 15 is 0 Å². The van der Waals surface area contributed by atoms with Gasteiger partial charge in [0.05, 0.1) is 4.90 Å². The first kappa shape index (κ1) is 21.4. The zero-order valence-corrected chi connectivity index (χ0v) is 17.9. The Hall–Kier alpha value is -2.87. The van der Waals surface area contributed by atoms with E-state index < -0.39 is 16.2 Å². The van der Waals surface area contributed by atoms with Gasteiger partial charge in [-0.2, -0.15) is 0 Å². The number of benzene rings is 3. The third kappa shape index (κ3) is 4.74. The first-order chi connectivity index (χ1) is 14.7. The largest absolute Gasteiger partial charge is 0.503 e. The topological polar surface area (TPSA) is 104 Å². The van der Waals surface area contributed by atoms with Crippen molar-refractivity contribution in [1.82, 2.24) is 4.72 Å². The summed E-state index contributed by atoms with van der Waals surface area (Å²) in [6.07, 6.45) is -0.275. The Bertz CT molecular complexity index is 1240. The predicted molar refractivity (Wildman–Crippen MR) is 118 cm³/mol. The number of rotatable bonds is 4. The standard InChI is InChI=1S/C22H18ClNO2S.CH2O3/c23-17-6-8-19-15(11-17)10-16-12-18(7-9-20(16)19)27(25,26)24-22-13-21(22)14-4-2-1-3-5-14;2-1(3)4/h1-9,11-12,21-22,24H,10,13H2;(H2,2,3,4)/t21-,22+;/m1./s1. The molecule has 3 N–H and O–H groups in total. The van der Waals surface area contributed by atoms with Crippen LogP contribution in [0, 0.1) is 0 Å². The van der Waals surface area contributed by atoms with Gasteiger partial charge in [0, 0.05) is 17.0 Å². The molecule has 0 bridgehead atoms. The quantitative estimate of drug-likeness (QED) is 0.401. The van der Waals surface area contributed by atoms with Crippen LogP contribution in [0.4, 0.5) is 4.79 Å². The fourth-order valence-electron chi connectivity index (χ4n) is 3.98. The lowest BCUT2D eigenvalue weighted by molar-refractivity contribution is 0.137. The van der Waals surface area contributed by atoms with Crippen LogP contribution < -0.4 is 4.72 Å². The first-order valence-corrected chi connectivity index (χ1v) is 11.5. The summed E-state index contributed by atoms with van der Waals surface area (Å²) in [6.45, 7) is 0. The number of hydrogen-bond acceptors (Lipinski definition) is 3. The lowest BCUT2D eigenvalue weighted by atomic mass is 10.1. The van der Waals surface area contributed by atoms with Crippen LogP contribution in [-0.2, 0) is 16.4 Å². The molecule has 0 aromatic heterocycles. The van der Waals surface area contributed by atoms with E-state index in [9.17, 15) is 8.42 Å². The van der Waals surface area contributed by atoms with Crippen molar-refractivity contribution in [3.8, 4) is 11.1 Å². The highest BCUT2D eigenvalue weighted by atomic mass is 35.5. The maximum absolute atomic E-state index is 12.9. The Morgan fingerprint density at radius 1 is 0.935 bits per heavy atom. The fraction of sp³-hybridized carbons (Fsp3) is 0.174. The zero-order valence-electron chi connectivity index (χ0n) is 16.3. The molecule has 1 saturated carbocycles.